The van der Waals surface area contributed by atoms with E-state index in [9.17, 15) is 4.79 Å². The fourth-order valence-corrected chi connectivity index (χ4v) is 1.46. The second kappa shape index (κ2) is 3.68. The Bertz CT molecular complexity index is 365. The first-order chi connectivity index (χ1) is 5.65. The Morgan fingerprint density at radius 3 is 2.67 bits per heavy atom. The second-order valence-corrected chi connectivity index (χ2v) is 3.52. The molecule has 0 spiro atoms. The Hall–Kier alpha value is -0.890. The highest BCUT2D eigenvalue weighted by Crippen LogP contribution is 2.13. The lowest BCUT2D eigenvalue weighted by Crippen LogP contribution is -1.93. The van der Waals surface area contributed by atoms with Gasteiger partial charge in [-0.25, -0.2) is 0 Å². The van der Waals surface area contributed by atoms with E-state index in [1.807, 2.05) is 28.7 Å². The number of hydrogen-bond acceptors (Lipinski definition) is 2. The van der Waals surface area contributed by atoms with Gasteiger partial charge in [-0.1, -0.05) is 6.07 Å². The average molecular weight is 271 g/mol. The minimum atomic E-state index is 0.0254. The minimum Gasteiger partial charge on any atom is -0.295 e. The molecule has 0 amide bonds. The van der Waals surface area contributed by atoms with Crippen LogP contribution in [-0.4, -0.2) is 5.78 Å². The van der Waals surface area contributed by atoms with E-state index in [4.69, 9.17) is 5.26 Å². The van der Waals surface area contributed by atoms with E-state index in [0.29, 0.717) is 11.1 Å². The molecular formula is C9H6INO. The van der Waals surface area contributed by atoms with Crippen molar-refractivity contribution >= 4 is 28.4 Å². The van der Waals surface area contributed by atoms with Crippen LogP contribution in [0.3, 0.4) is 0 Å². The van der Waals surface area contributed by atoms with Crippen molar-refractivity contribution in [3.63, 3.8) is 0 Å². The van der Waals surface area contributed by atoms with Gasteiger partial charge in [0.1, 0.15) is 6.07 Å². The topological polar surface area (TPSA) is 40.9 Å². The zero-order chi connectivity index (χ0) is 9.14. The number of nitriles is 1. The smallest absolute Gasteiger partial charge is 0.159 e. The third kappa shape index (κ3) is 1.83. The molecule has 1 aromatic carbocycles. The normalized spacial score (nSPS) is 9.08. The number of ketones is 1. The van der Waals surface area contributed by atoms with Crippen LogP contribution in [0.4, 0.5) is 0 Å². The standard InChI is InChI=1S/C9H6INO/c1-6(12)7-2-3-8(5-11)9(10)4-7/h2-4H,1H3. The lowest BCUT2D eigenvalue weighted by Gasteiger charge is -1.97. The fraction of sp³-hybridized carbons (Fsp3) is 0.111. The molecule has 1 rings (SSSR count). The van der Waals surface area contributed by atoms with Crippen molar-refractivity contribution in [3.05, 3.63) is 32.9 Å². The Kier molecular flexibility index (Phi) is 2.82. The molecule has 60 valence electrons. The predicted molar refractivity (Wildman–Crippen MR) is 53.9 cm³/mol. The molecule has 0 fully saturated rings. The lowest BCUT2D eigenvalue weighted by molar-refractivity contribution is 0.101. The molecule has 0 unspecified atom stereocenters. The van der Waals surface area contributed by atoms with E-state index < -0.39 is 0 Å². The van der Waals surface area contributed by atoms with E-state index in [1.165, 1.54) is 6.92 Å². The van der Waals surface area contributed by atoms with Gasteiger partial charge in [0, 0.05) is 9.13 Å². The predicted octanol–water partition coefficient (Wildman–Crippen LogP) is 2.37. The first kappa shape index (κ1) is 9.20. The Balaban J connectivity index is 3.21. The van der Waals surface area contributed by atoms with Crippen molar-refractivity contribution in [3.8, 4) is 6.07 Å². The number of hydrogen-bond donors (Lipinski definition) is 0. The maximum Gasteiger partial charge on any atom is 0.159 e. The molecular weight excluding hydrogens is 265 g/mol. The molecule has 0 heterocycles. The average Bonchev–Trinajstić information content (AvgIpc) is 2.04. The fourth-order valence-electron chi connectivity index (χ4n) is 0.825. The van der Waals surface area contributed by atoms with Crippen molar-refractivity contribution in [2.24, 2.45) is 0 Å². The first-order valence-electron chi connectivity index (χ1n) is 3.35. The summed E-state index contributed by atoms with van der Waals surface area (Å²) >= 11 is 2.04. The van der Waals surface area contributed by atoms with Gasteiger partial charge in [0.2, 0.25) is 0 Å². The SMILES string of the molecule is CC(=O)c1ccc(C#N)c(I)c1. The van der Waals surface area contributed by atoms with E-state index in [1.54, 1.807) is 18.2 Å². The third-order valence-corrected chi connectivity index (χ3v) is 2.39. The molecule has 0 saturated carbocycles. The minimum absolute atomic E-state index is 0.0254. The highest BCUT2D eigenvalue weighted by Gasteiger charge is 2.02. The van der Waals surface area contributed by atoms with Crippen molar-refractivity contribution in [2.75, 3.05) is 0 Å². The summed E-state index contributed by atoms with van der Waals surface area (Å²) in [5.41, 5.74) is 1.26. The van der Waals surface area contributed by atoms with Crippen LogP contribution in [0.2, 0.25) is 0 Å². The van der Waals surface area contributed by atoms with Gasteiger partial charge in [0.05, 0.1) is 5.56 Å². The molecule has 0 bridgehead atoms. The van der Waals surface area contributed by atoms with Gasteiger partial charge in [-0.3, -0.25) is 4.79 Å². The number of carbonyl (C=O) groups is 1. The molecule has 12 heavy (non-hydrogen) atoms. The summed E-state index contributed by atoms with van der Waals surface area (Å²) in [6.45, 7) is 1.51. The zero-order valence-electron chi connectivity index (χ0n) is 6.47. The molecule has 1 aromatic rings. The van der Waals surface area contributed by atoms with Gasteiger partial charge >= 0.3 is 0 Å². The molecule has 0 radical (unpaired) electrons. The summed E-state index contributed by atoms with van der Waals surface area (Å²) in [5, 5.41) is 8.61. The van der Waals surface area contributed by atoms with Crippen molar-refractivity contribution < 1.29 is 4.79 Å². The molecule has 0 aromatic heterocycles. The second-order valence-electron chi connectivity index (χ2n) is 2.36. The molecule has 0 N–H and O–H groups in total. The van der Waals surface area contributed by atoms with Crippen LogP contribution in [0.5, 0.6) is 0 Å². The van der Waals surface area contributed by atoms with Crippen LogP contribution in [0.1, 0.15) is 22.8 Å². The van der Waals surface area contributed by atoms with Crippen molar-refractivity contribution in [1.82, 2.24) is 0 Å². The van der Waals surface area contributed by atoms with E-state index in [0.717, 1.165) is 3.57 Å². The van der Waals surface area contributed by atoms with Crippen LogP contribution in [-0.2, 0) is 0 Å². The summed E-state index contributed by atoms with van der Waals surface area (Å²) in [6, 6.07) is 7.10. The molecule has 0 atom stereocenters. The van der Waals surface area contributed by atoms with Gasteiger partial charge < -0.3 is 0 Å². The Morgan fingerprint density at radius 1 is 1.58 bits per heavy atom. The largest absolute Gasteiger partial charge is 0.295 e. The lowest BCUT2D eigenvalue weighted by atomic mass is 10.1. The third-order valence-electron chi connectivity index (χ3n) is 1.50. The van der Waals surface area contributed by atoms with Crippen LogP contribution >= 0.6 is 22.6 Å². The zero-order valence-corrected chi connectivity index (χ0v) is 8.62. The summed E-state index contributed by atoms with van der Waals surface area (Å²) < 4.78 is 0.822. The summed E-state index contributed by atoms with van der Waals surface area (Å²) in [4.78, 5) is 10.9. The number of Topliss-reactive ketones (excluding diaryl/α,β-unsaturated/α-hetero) is 1. The number of benzene rings is 1. The van der Waals surface area contributed by atoms with E-state index in [2.05, 4.69) is 0 Å². The van der Waals surface area contributed by atoms with Crippen molar-refractivity contribution in [1.29, 1.82) is 5.26 Å². The first-order valence-corrected chi connectivity index (χ1v) is 4.43. The van der Waals surface area contributed by atoms with E-state index in [-0.39, 0.29) is 5.78 Å². The molecule has 0 saturated heterocycles. The summed E-state index contributed by atoms with van der Waals surface area (Å²) in [7, 11) is 0. The quantitative estimate of drug-likeness (QED) is 0.581. The van der Waals surface area contributed by atoms with Crippen LogP contribution in [0.25, 0.3) is 0 Å². The molecule has 2 nitrogen and oxygen atoms in total. The summed E-state index contributed by atoms with van der Waals surface area (Å²) in [6.07, 6.45) is 0. The van der Waals surface area contributed by atoms with E-state index >= 15 is 0 Å². The molecule has 0 aliphatic carbocycles. The molecule has 3 heteroatoms. The monoisotopic (exact) mass is 271 g/mol. The van der Waals surface area contributed by atoms with Gasteiger partial charge in [-0.15, -0.1) is 0 Å². The maximum atomic E-state index is 10.9. The van der Waals surface area contributed by atoms with Gasteiger partial charge in [0.25, 0.3) is 0 Å². The maximum absolute atomic E-state index is 10.9. The Morgan fingerprint density at radius 2 is 2.25 bits per heavy atom. The highest BCUT2D eigenvalue weighted by molar-refractivity contribution is 14.1. The number of halogens is 1. The van der Waals surface area contributed by atoms with Crippen LogP contribution < -0.4 is 0 Å². The number of carbonyl (C=O) groups excluding carboxylic acids is 1. The highest BCUT2D eigenvalue weighted by atomic mass is 127. The van der Waals surface area contributed by atoms with Crippen LogP contribution in [0, 0.1) is 14.9 Å². The van der Waals surface area contributed by atoms with Crippen LogP contribution in [0.15, 0.2) is 18.2 Å². The molecule has 0 aliphatic rings. The van der Waals surface area contributed by atoms with Gasteiger partial charge in [0.15, 0.2) is 5.78 Å². The molecule has 0 aliphatic heterocycles. The number of nitrogens with zero attached hydrogens (tertiary/aromatic N) is 1. The van der Waals surface area contributed by atoms with Gasteiger partial charge in [-0.05, 0) is 41.6 Å². The van der Waals surface area contributed by atoms with Crippen molar-refractivity contribution in [2.45, 2.75) is 6.92 Å². The Labute approximate surface area is 84.3 Å². The summed E-state index contributed by atoms with van der Waals surface area (Å²) in [5.74, 6) is 0.0254. The van der Waals surface area contributed by atoms with Gasteiger partial charge in [-0.2, -0.15) is 5.26 Å². The number of rotatable bonds is 1.